The smallest absolute Gasteiger partial charge is 0.339 e. The molecule has 0 atom stereocenters. The van der Waals surface area contributed by atoms with Crippen molar-refractivity contribution in [3.05, 3.63) is 82.6 Å². The fourth-order valence-electron chi connectivity index (χ4n) is 2.73. The summed E-state index contributed by atoms with van der Waals surface area (Å²) in [4.78, 5) is 11.2. The minimum atomic E-state index is -1.19. The van der Waals surface area contributed by atoms with E-state index >= 15 is 0 Å². The summed E-state index contributed by atoms with van der Waals surface area (Å²) in [6, 6.07) is 15.6. The highest BCUT2D eigenvalue weighted by atomic mass is 16.4. The van der Waals surface area contributed by atoms with Crippen LogP contribution in [0.4, 0.5) is 0 Å². The zero-order chi connectivity index (χ0) is 20.4. The van der Waals surface area contributed by atoms with Crippen LogP contribution in [0.2, 0.25) is 0 Å². The van der Waals surface area contributed by atoms with Gasteiger partial charge in [-0.05, 0) is 49.1 Å². The molecule has 0 aliphatic heterocycles. The SMILES string of the molecule is C#C.C/C=C(O)\C(=C/Cc1cc(C)c(-c2ccccc2)c(C#N)c1)C(=O)O. The number of rotatable bonds is 5. The number of aliphatic hydroxyl groups excluding tert-OH is 1. The van der Waals surface area contributed by atoms with Crippen LogP contribution in [-0.4, -0.2) is 16.2 Å². The Bertz CT molecular complexity index is 929. The topological polar surface area (TPSA) is 81.3 Å². The summed E-state index contributed by atoms with van der Waals surface area (Å²) in [7, 11) is 0. The molecule has 0 unspecified atom stereocenters. The maximum Gasteiger partial charge on any atom is 0.339 e. The lowest BCUT2D eigenvalue weighted by atomic mass is 9.92. The Morgan fingerprint density at radius 3 is 2.33 bits per heavy atom. The van der Waals surface area contributed by atoms with Crippen molar-refractivity contribution >= 4 is 5.97 Å². The number of nitrogens with zero attached hydrogens (tertiary/aromatic N) is 1. The van der Waals surface area contributed by atoms with Gasteiger partial charge in [0.05, 0.1) is 17.2 Å². The lowest BCUT2D eigenvalue weighted by Crippen LogP contribution is -2.04. The van der Waals surface area contributed by atoms with Crippen LogP contribution >= 0.6 is 0 Å². The van der Waals surface area contributed by atoms with Gasteiger partial charge in [0.1, 0.15) is 5.76 Å². The van der Waals surface area contributed by atoms with E-state index in [0.29, 0.717) is 12.0 Å². The van der Waals surface area contributed by atoms with Gasteiger partial charge < -0.3 is 10.2 Å². The molecule has 0 fully saturated rings. The number of aliphatic hydroxyl groups is 1. The van der Waals surface area contributed by atoms with E-state index in [1.807, 2.05) is 43.3 Å². The minimum absolute atomic E-state index is 0.147. The monoisotopic (exact) mass is 359 g/mol. The van der Waals surface area contributed by atoms with Crippen molar-refractivity contribution in [1.82, 2.24) is 0 Å². The number of hydrogen-bond acceptors (Lipinski definition) is 3. The molecule has 0 aromatic heterocycles. The van der Waals surface area contributed by atoms with Gasteiger partial charge in [-0.3, -0.25) is 0 Å². The molecular formula is C23H21NO3. The zero-order valence-electron chi connectivity index (χ0n) is 15.3. The second-order valence-electron chi connectivity index (χ2n) is 5.61. The molecule has 2 rings (SSSR count). The first-order chi connectivity index (χ1) is 13.0. The Kier molecular flexibility index (Phi) is 8.10. The average Bonchev–Trinajstić information content (AvgIpc) is 2.69. The first-order valence-corrected chi connectivity index (χ1v) is 8.19. The van der Waals surface area contributed by atoms with Gasteiger partial charge in [-0.25, -0.2) is 4.79 Å². The van der Waals surface area contributed by atoms with Crippen molar-refractivity contribution in [2.24, 2.45) is 0 Å². The Hall–Kier alpha value is -3.76. The Morgan fingerprint density at radius 1 is 1.19 bits per heavy atom. The van der Waals surface area contributed by atoms with Gasteiger partial charge >= 0.3 is 5.97 Å². The van der Waals surface area contributed by atoms with E-state index in [4.69, 9.17) is 0 Å². The number of carboxylic acids is 1. The van der Waals surface area contributed by atoms with Gasteiger partial charge in [0.25, 0.3) is 0 Å². The second-order valence-corrected chi connectivity index (χ2v) is 5.61. The van der Waals surface area contributed by atoms with E-state index < -0.39 is 5.97 Å². The number of aryl methyl sites for hydroxylation is 1. The fourth-order valence-corrected chi connectivity index (χ4v) is 2.73. The molecule has 136 valence electrons. The fraction of sp³-hybridized carbons (Fsp3) is 0.130. The second kappa shape index (κ2) is 10.3. The van der Waals surface area contributed by atoms with Crippen molar-refractivity contribution in [2.45, 2.75) is 20.3 Å². The number of hydrogen-bond donors (Lipinski definition) is 2. The van der Waals surface area contributed by atoms with E-state index in [9.17, 15) is 20.3 Å². The highest BCUT2D eigenvalue weighted by molar-refractivity contribution is 5.90. The normalized spacial score (nSPS) is 11.1. The molecule has 2 aromatic carbocycles. The quantitative estimate of drug-likeness (QED) is 0.348. The zero-order valence-corrected chi connectivity index (χ0v) is 15.3. The van der Waals surface area contributed by atoms with Gasteiger partial charge in [0.15, 0.2) is 0 Å². The van der Waals surface area contributed by atoms with E-state index in [0.717, 1.165) is 22.3 Å². The summed E-state index contributed by atoms with van der Waals surface area (Å²) in [5, 5.41) is 28.4. The van der Waals surface area contributed by atoms with Crippen LogP contribution in [-0.2, 0) is 11.2 Å². The van der Waals surface area contributed by atoms with Crippen molar-refractivity contribution in [3.63, 3.8) is 0 Å². The maximum absolute atomic E-state index is 11.2. The molecule has 0 aliphatic carbocycles. The Labute approximate surface area is 159 Å². The summed E-state index contributed by atoms with van der Waals surface area (Å²) >= 11 is 0. The van der Waals surface area contributed by atoms with E-state index in [1.54, 1.807) is 13.0 Å². The summed E-state index contributed by atoms with van der Waals surface area (Å²) < 4.78 is 0. The minimum Gasteiger partial charge on any atom is -0.507 e. The first-order valence-electron chi connectivity index (χ1n) is 8.19. The predicted octanol–water partition coefficient (Wildman–Crippen LogP) is 4.80. The lowest BCUT2D eigenvalue weighted by Gasteiger charge is -2.11. The van der Waals surface area contributed by atoms with Gasteiger partial charge in [-0.2, -0.15) is 5.26 Å². The summed E-state index contributed by atoms with van der Waals surface area (Å²) in [5.41, 5.74) is 4.01. The van der Waals surface area contributed by atoms with E-state index in [1.165, 1.54) is 12.2 Å². The third-order valence-corrected chi connectivity index (χ3v) is 3.90. The molecule has 27 heavy (non-hydrogen) atoms. The third kappa shape index (κ3) is 5.36. The molecule has 0 radical (unpaired) electrons. The van der Waals surface area contributed by atoms with Crippen LogP contribution in [0, 0.1) is 31.1 Å². The van der Waals surface area contributed by atoms with Gasteiger partial charge in [-0.1, -0.05) is 42.5 Å². The largest absolute Gasteiger partial charge is 0.507 e. The van der Waals surface area contributed by atoms with Crippen molar-refractivity contribution in [1.29, 1.82) is 5.26 Å². The molecule has 0 saturated heterocycles. The van der Waals surface area contributed by atoms with Crippen molar-refractivity contribution in [2.75, 3.05) is 0 Å². The maximum atomic E-state index is 11.2. The summed E-state index contributed by atoms with van der Waals surface area (Å²) in [5.74, 6) is -1.46. The van der Waals surface area contributed by atoms with E-state index in [2.05, 4.69) is 18.9 Å². The molecule has 0 saturated carbocycles. The number of allylic oxidation sites excluding steroid dienone is 2. The van der Waals surface area contributed by atoms with Crippen LogP contribution < -0.4 is 0 Å². The number of carbonyl (C=O) groups is 1. The van der Waals surface area contributed by atoms with Crippen LogP contribution in [0.15, 0.2) is 65.9 Å². The number of aliphatic carboxylic acids is 1. The highest BCUT2D eigenvalue weighted by Crippen LogP contribution is 2.28. The molecule has 0 bridgehead atoms. The van der Waals surface area contributed by atoms with Gasteiger partial charge in [-0.15, -0.1) is 12.8 Å². The molecule has 0 spiro atoms. The number of benzene rings is 2. The molecule has 4 nitrogen and oxygen atoms in total. The van der Waals surface area contributed by atoms with Crippen LogP contribution in [0.25, 0.3) is 11.1 Å². The van der Waals surface area contributed by atoms with Crippen LogP contribution in [0.5, 0.6) is 0 Å². The van der Waals surface area contributed by atoms with Gasteiger partial charge in [0, 0.05) is 5.56 Å². The molecule has 4 heteroatoms. The molecule has 0 heterocycles. The standard InChI is InChI=1S/C21H19NO3.C2H2/c1-3-19(23)18(21(24)25)10-9-15-11-14(2)20(17(12-15)13-22)16-7-5-4-6-8-16;1-2/h3-8,10-12,23H,9H2,1-2H3,(H,24,25);1-2H/b18-10+,19-3+;. The molecule has 0 amide bonds. The highest BCUT2D eigenvalue weighted by Gasteiger charge is 2.13. The summed E-state index contributed by atoms with van der Waals surface area (Å²) in [6.07, 6.45) is 11.1. The van der Waals surface area contributed by atoms with Crippen LogP contribution in [0.1, 0.15) is 23.6 Å². The number of carboxylic acid groups (broad SMARTS) is 1. The lowest BCUT2D eigenvalue weighted by molar-refractivity contribution is -0.132. The van der Waals surface area contributed by atoms with Crippen molar-refractivity contribution in [3.8, 4) is 30.0 Å². The Morgan fingerprint density at radius 2 is 1.81 bits per heavy atom. The average molecular weight is 359 g/mol. The number of nitriles is 1. The molecular weight excluding hydrogens is 338 g/mol. The van der Waals surface area contributed by atoms with Crippen LogP contribution in [0.3, 0.4) is 0 Å². The molecule has 2 N–H and O–H groups in total. The first kappa shape index (κ1) is 21.3. The van der Waals surface area contributed by atoms with Gasteiger partial charge in [0.2, 0.25) is 0 Å². The summed E-state index contributed by atoms with van der Waals surface area (Å²) in [6.45, 7) is 3.50. The molecule has 0 aliphatic rings. The predicted molar refractivity (Wildman–Crippen MR) is 107 cm³/mol. The Balaban J connectivity index is 0.00000176. The van der Waals surface area contributed by atoms with E-state index in [-0.39, 0.29) is 11.3 Å². The third-order valence-electron chi connectivity index (χ3n) is 3.90. The molecule has 2 aromatic rings. The van der Waals surface area contributed by atoms with Crippen molar-refractivity contribution < 1.29 is 15.0 Å². The number of terminal acetylenes is 1.